The van der Waals surface area contributed by atoms with Gasteiger partial charge in [0.15, 0.2) is 0 Å². The summed E-state index contributed by atoms with van der Waals surface area (Å²) in [4.78, 5) is 0. The summed E-state index contributed by atoms with van der Waals surface area (Å²) in [6.45, 7) is 11.5. The first kappa shape index (κ1) is 12.9. The number of rotatable bonds is 4. The maximum absolute atomic E-state index is 6.01. The van der Waals surface area contributed by atoms with E-state index in [1.165, 1.54) is 0 Å². The van der Waals surface area contributed by atoms with Crippen LogP contribution in [0, 0.1) is 0 Å². The van der Waals surface area contributed by atoms with Gasteiger partial charge in [0.25, 0.3) is 0 Å². The quantitative estimate of drug-likeness (QED) is 0.777. The lowest BCUT2D eigenvalue weighted by molar-refractivity contribution is -0.0703. The van der Waals surface area contributed by atoms with Crippen molar-refractivity contribution in [3.05, 3.63) is 0 Å². The van der Waals surface area contributed by atoms with E-state index in [0.717, 1.165) is 13.0 Å². The second-order valence-electron chi connectivity index (χ2n) is 5.68. The highest BCUT2D eigenvalue weighted by atomic mass is 16.5. The van der Waals surface area contributed by atoms with Crippen LogP contribution in [0.25, 0.3) is 0 Å². The van der Waals surface area contributed by atoms with E-state index in [1.807, 2.05) is 0 Å². The molecule has 1 rings (SSSR count). The smallest absolute Gasteiger partial charge is 0.0787 e. The van der Waals surface area contributed by atoms with Crippen molar-refractivity contribution < 1.29 is 9.47 Å². The molecular weight excluding hydrogens is 190 g/mol. The van der Waals surface area contributed by atoms with E-state index in [0.29, 0.717) is 6.04 Å². The largest absolute Gasteiger partial charge is 0.380 e. The Morgan fingerprint density at radius 2 is 2.00 bits per heavy atom. The van der Waals surface area contributed by atoms with Crippen molar-refractivity contribution in [2.24, 2.45) is 0 Å². The summed E-state index contributed by atoms with van der Waals surface area (Å²) < 4.78 is 11.2. The van der Waals surface area contributed by atoms with Crippen LogP contribution in [0.5, 0.6) is 0 Å². The Bertz CT molecular complexity index is 214. The number of hydrogen-bond acceptors (Lipinski definition) is 3. The Morgan fingerprint density at radius 3 is 2.40 bits per heavy atom. The van der Waals surface area contributed by atoms with E-state index < -0.39 is 0 Å². The summed E-state index contributed by atoms with van der Waals surface area (Å²) in [6.07, 6.45) is 1.31. The Labute approximate surface area is 93.5 Å². The van der Waals surface area contributed by atoms with Crippen molar-refractivity contribution in [3.8, 4) is 0 Å². The van der Waals surface area contributed by atoms with E-state index in [1.54, 1.807) is 7.11 Å². The van der Waals surface area contributed by atoms with Gasteiger partial charge in [-0.15, -0.1) is 0 Å². The van der Waals surface area contributed by atoms with Gasteiger partial charge in [0, 0.05) is 19.7 Å². The van der Waals surface area contributed by atoms with Crippen molar-refractivity contribution in [2.75, 3.05) is 13.7 Å². The lowest BCUT2D eigenvalue weighted by atomic mass is 9.94. The number of methoxy groups -OCH3 is 1. The zero-order valence-corrected chi connectivity index (χ0v) is 10.9. The molecule has 15 heavy (non-hydrogen) atoms. The first-order valence-electron chi connectivity index (χ1n) is 5.73. The zero-order chi connectivity index (χ0) is 11.7. The Balaban J connectivity index is 2.48. The van der Waals surface area contributed by atoms with Crippen molar-refractivity contribution in [3.63, 3.8) is 0 Å². The van der Waals surface area contributed by atoms with E-state index >= 15 is 0 Å². The fourth-order valence-corrected chi connectivity index (χ4v) is 2.27. The normalized spacial score (nSPS) is 30.4. The van der Waals surface area contributed by atoms with Crippen LogP contribution >= 0.6 is 0 Å². The molecule has 2 unspecified atom stereocenters. The van der Waals surface area contributed by atoms with Gasteiger partial charge in [-0.05, 0) is 41.0 Å². The van der Waals surface area contributed by atoms with Gasteiger partial charge in [-0.25, -0.2) is 0 Å². The minimum Gasteiger partial charge on any atom is -0.380 e. The summed E-state index contributed by atoms with van der Waals surface area (Å²) in [5, 5.41) is 3.53. The molecule has 2 atom stereocenters. The lowest BCUT2D eigenvalue weighted by Gasteiger charge is -2.28. The van der Waals surface area contributed by atoms with E-state index in [-0.39, 0.29) is 17.3 Å². The molecule has 1 aliphatic heterocycles. The van der Waals surface area contributed by atoms with Crippen LogP contribution in [0.2, 0.25) is 0 Å². The van der Waals surface area contributed by atoms with Crippen LogP contribution in [0.4, 0.5) is 0 Å². The predicted octanol–water partition coefficient (Wildman–Crippen LogP) is 1.96. The first-order chi connectivity index (χ1) is 6.77. The summed E-state index contributed by atoms with van der Waals surface area (Å²) in [7, 11) is 1.74. The fourth-order valence-electron chi connectivity index (χ4n) is 2.27. The number of ether oxygens (including phenoxy) is 2. The zero-order valence-electron chi connectivity index (χ0n) is 10.9. The fraction of sp³-hybridized carbons (Fsp3) is 1.00. The molecule has 0 radical (unpaired) electrons. The van der Waals surface area contributed by atoms with Gasteiger partial charge in [-0.2, -0.15) is 0 Å². The Kier molecular flexibility index (Phi) is 3.80. The minimum atomic E-state index is -0.0863. The highest BCUT2D eigenvalue weighted by Crippen LogP contribution is 2.37. The number of nitrogens with one attached hydrogen (secondary N) is 1. The molecule has 0 aromatic rings. The van der Waals surface area contributed by atoms with Crippen molar-refractivity contribution >= 4 is 0 Å². The number of hydrogen-bond donors (Lipinski definition) is 1. The molecule has 3 heteroatoms. The van der Waals surface area contributed by atoms with Crippen LogP contribution in [0.3, 0.4) is 0 Å². The topological polar surface area (TPSA) is 30.5 Å². The molecule has 0 aliphatic carbocycles. The van der Waals surface area contributed by atoms with Crippen LogP contribution in [-0.2, 0) is 9.47 Å². The molecule has 0 aromatic carbocycles. The van der Waals surface area contributed by atoms with Gasteiger partial charge >= 0.3 is 0 Å². The molecule has 1 N–H and O–H groups in total. The highest BCUT2D eigenvalue weighted by Gasteiger charge is 2.45. The van der Waals surface area contributed by atoms with Crippen molar-refractivity contribution in [1.82, 2.24) is 5.32 Å². The molecule has 90 valence electrons. The van der Waals surface area contributed by atoms with Gasteiger partial charge in [0.1, 0.15) is 0 Å². The Morgan fingerprint density at radius 1 is 1.40 bits per heavy atom. The second-order valence-corrected chi connectivity index (χ2v) is 5.68. The second kappa shape index (κ2) is 4.40. The van der Waals surface area contributed by atoms with E-state index in [4.69, 9.17) is 9.47 Å². The summed E-state index contributed by atoms with van der Waals surface area (Å²) in [5.41, 5.74) is -0.103. The van der Waals surface area contributed by atoms with Gasteiger partial charge in [0.2, 0.25) is 0 Å². The van der Waals surface area contributed by atoms with Gasteiger partial charge in [-0.1, -0.05) is 0 Å². The average molecular weight is 215 g/mol. The molecule has 1 heterocycles. The SMILES string of the molecule is COC(C)CNC1CC(C)(C)OC1(C)C. The molecule has 1 saturated heterocycles. The molecule has 0 saturated carbocycles. The monoisotopic (exact) mass is 215 g/mol. The summed E-state index contributed by atoms with van der Waals surface area (Å²) in [5.74, 6) is 0. The molecule has 0 amide bonds. The molecular formula is C12H25NO2. The Hall–Kier alpha value is -0.120. The molecule has 1 aliphatic rings. The molecule has 1 fully saturated rings. The minimum absolute atomic E-state index is 0.0164. The molecule has 3 nitrogen and oxygen atoms in total. The van der Waals surface area contributed by atoms with Crippen LogP contribution in [0.1, 0.15) is 41.0 Å². The third-order valence-corrected chi connectivity index (χ3v) is 3.13. The molecule has 0 bridgehead atoms. The van der Waals surface area contributed by atoms with Gasteiger partial charge < -0.3 is 14.8 Å². The summed E-state index contributed by atoms with van der Waals surface area (Å²) in [6, 6.07) is 0.407. The van der Waals surface area contributed by atoms with Gasteiger partial charge in [-0.3, -0.25) is 0 Å². The standard InChI is InChI=1S/C12H25NO2/c1-9(14-6)8-13-10-7-11(2,3)15-12(10,4)5/h9-10,13H,7-8H2,1-6H3. The third kappa shape index (κ3) is 3.44. The summed E-state index contributed by atoms with van der Waals surface area (Å²) >= 11 is 0. The molecule has 0 aromatic heterocycles. The van der Waals surface area contributed by atoms with Crippen LogP contribution in [0.15, 0.2) is 0 Å². The van der Waals surface area contributed by atoms with E-state index in [9.17, 15) is 0 Å². The molecule has 0 spiro atoms. The van der Waals surface area contributed by atoms with Crippen LogP contribution in [-0.4, -0.2) is 37.0 Å². The van der Waals surface area contributed by atoms with Crippen molar-refractivity contribution in [2.45, 2.75) is 64.4 Å². The van der Waals surface area contributed by atoms with Crippen molar-refractivity contribution in [1.29, 1.82) is 0 Å². The maximum atomic E-state index is 6.01. The lowest BCUT2D eigenvalue weighted by Crippen LogP contribution is -2.45. The average Bonchev–Trinajstić information content (AvgIpc) is 2.29. The first-order valence-corrected chi connectivity index (χ1v) is 5.73. The maximum Gasteiger partial charge on any atom is 0.0787 e. The van der Waals surface area contributed by atoms with Gasteiger partial charge in [0.05, 0.1) is 17.3 Å². The van der Waals surface area contributed by atoms with E-state index in [2.05, 4.69) is 39.9 Å². The predicted molar refractivity (Wildman–Crippen MR) is 62.1 cm³/mol. The highest BCUT2D eigenvalue weighted by molar-refractivity contribution is 4.98. The third-order valence-electron chi connectivity index (χ3n) is 3.13. The van der Waals surface area contributed by atoms with Crippen LogP contribution < -0.4 is 5.32 Å².